The molecule has 0 atom stereocenters. The summed E-state index contributed by atoms with van der Waals surface area (Å²) in [6.45, 7) is 1.09. The summed E-state index contributed by atoms with van der Waals surface area (Å²) in [7, 11) is 0. The lowest BCUT2D eigenvalue weighted by Crippen LogP contribution is -2.44. The molecule has 4 rings (SSSR count). The molecule has 0 unspecified atom stereocenters. The molecule has 0 bridgehead atoms. The fourth-order valence-electron chi connectivity index (χ4n) is 4.79. The molecule has 0 aliphatic heterocycles. The van der Waals surface area contributed by atoms with Crippen LogP contribution in [-0.4, -0.2) is 54.3 Å². The summed E-state index contributed by atoms with van der Waals surface area (Å²) in [4.78, 5) is 35.3. The van der Waals surface area contributed by atoms with Crippen LogP contribution < -0.4 is 10.6 Å². The van der Waals surface area contributed by atoms with Gasteiger partial charge in [0.05, 0.1) is 12.2 Å². The first kappa shape index (κ1) is 24.1. The number of carbonyl (C=O) groups is 3. The van der Waals surface area contributed by atoms with Gasteiger partial charge in [-0.25, -0.2) is 4.79 Å². The zero-order valence-corrected chi connectivity index (χ0v) is 19.9. The first-order chi connectivity index (χ1) is 16.5. The van der Waals surface area contributed by atoms with Gasteiger partial charge in [-0.2, -0.15) is 11.8 Å². The third kappa shape index (κ3) is 5.73. The number of ether oxygens (including phenoxy) is 1. The second kappa shape index (κ2) is 11.0. The summed E-state index contributed by atoms with van der Waals surface area (Å²) in [6, 6.07) is 16.4. The lowest BCUT2D eigenvalue weighted by atomic mass is 9.66. The first-order valence-corrected chi connectivity index (χ1v) is 12.8. The Balaban J connectivity index is 1.13. The normalized spacial score (nSPS) is 15.5. The van der Waals surface area contributed by atoms with Crippen LogP contribution in [0.3, 0.4) is 0 Å². The molecule has 0 aromatic heterocycles. The Hall–Kier alpha value is -3.00. The second-order valence-electron chi connectivity index (χ2n) is 9.01. The molecule has 0 radical (unpaired) electrons. The molecule has 34 heavy (non-hydrogen) atoms. The quantitative estimate of drug-likeness (QED) is 0.418. The maximum absolute atomic E-state index is 12.2. The maximum Gasteiger partial charge on any atom is 0.407 e. The Bertz CT molecular complexity index is 1010. The number of carboxylic acid groups (broad SMARTS) is 1. The van der Waals surface area contributed by atoms with Crippen molar-refractivity contribution in [2.45, 2.75) is 31.6 Å². The van der Waals surface area contributed by atoms with Gasteiger partial charge < -0.3 is 20.5 Å². The molecular formula is C26H30N2O5S. The molecular weight excluding hydrogens is 452 g/mol. The van der Waals surface area contributed by atoms with Crippen molar-refractivity contribution >= 4 is 29.7 Å². The van der Waals surface area contributed by atoms with E-state index in [1.807, 2.05) is 24.3 Å². The van der Waals surface area contributed by atoms with Crippen LogP contribution in [0.25, 0.3) is 11.1 Å². The number of aliphatic carboxylic acids is 1. The Morgan fingerprint density at radius 2 is 1.65 bits per heavy atom. The van der Waals surface area contributed by atoms with E-state index in [1.165, 1.54) is 34.0 Å². The summed E-state index contributed by atoms with van der Waals surface area (Å²) in [5.74, 6) is -0.0466. The van der Waals surface area contributed by atoms with Gasteiger partial charge in [0, 0.05) is 24.8 Å². The highest BCUT2D eigenvalue weighted by Crippen LogP contribution is 2.45. The molecule has 2 amide bonds. The number of hydrogen-bond acceptors (Lipinski definition) is 5. The number of thioether (sulfide) groups is 1. The van der Waals surface area contributed by atoms with E-state index in [-0.39, 0.29) is 36.0 Å². The number of hydrogen-bond donors (Lipinski definition) is 3. The van der Waals surface area contributed by atoms with Crippen LogP contribution in [0, 0.1) is 5.41 Å². The predicted molar refractivity (Wildman–Crippen MR) is 132 cm³/mol. The van der Waals surface area contributed by atoms with Gasteiger partial charge in [0.15, 0.2) is 0 Å². The lowest BCUT2D eigenvalue weighted by Gasteiger charge is -2.40. The highest BCUT2D eigenvalue weighted by atomic mass is 32.2. The van der Waals surface area contributed by atoms with Crippen molar-refractivity contribution in [3.05, 3.63) is 59.7 Å². The number of nitrogens with one attached hydrogen (secondary N) is 2. The zero-order chi connectivity index (χ0) is 24.0. The van der Waals surface area contributed by atoms with E-state index in [2.05, 4.69) is 34.9 Å². The molecule has 2 aliphatic carbocycles. The standard InChI is InChI=1S/C26H30N2O5S/c29-23(28-17-26(10-5-11-26)14-24(30)31)16-34-13-12-27-25(32)33-15-22-20-8-3-1-6-18(20)19-7-2-4-9-21(19)22/h1-4,6-9,22H,5,10-17H2,(H,27,32)(H,28,29)(H,30,31). The van der Waals surface area contributed by atoms with Crippen LogP contribution in [0.2, 0.25) is 0 Å². The van der Waals surface area contributed by atoms with E-state index in [1.54, 1.807) is 0 Å². The summed E-state index contributed by atoms with van der Waals surface area (Å²) < 4.78 is 5.51. The number of rotatable bonds is 11. The third-order valence-electron chi connectivity index (χ3n) is 6.69. The average molecular weight is 483 g/mol. The van der Waals surface area contributed by atoms with Gasteiger partial charge in [0.1, 0.15) is 6.61 Å². The number of alkyl carbamates (subject to hydrolysis) is 1. The molecule has 1 fully saturated rings. The first-order valence-electron chi connectivity index (χ1n) is 11.6. The summed E-state index contributed by atoms with van der Waals surface area (Å²) in [5.41, 5.74) is 4.44. The SMILES string of the molecule is O=C(O)CC1(CNC(=O)CSCCNC(=O)OCC2c3ccccc3-c3ccccc32)CCC1. The van der Waals surface area contributed by atoms with Crippen molar-refractivity contribution in [1.82, 2.24) is 10.6 Å². The maximum atomic E-state index is 12.2. The van der Waals surface area contributed by atoms with Gasteiger partial charge in [-0.1, -0.05) is 55.0 Å². The van der Waals surface area contributed by atoms with Crippen LogP contribution in [-0.2, 0) is 14.3 Å². The molecule has 2 aromatic rings. The monoisotopic (exact) mass is 482 g/mol. The third-order valence-corrected chi connectivity index (χ3v) is 7.65. The molecule has 0 saturated heterocycles. The van der Waals surface area contributed by atoms with Crippen LogP contribution in [0.15, 0.2) is 48.5 Å². The fourth-order valence-corrected chi connectivity index (χ4v) is 5.47. The number of fused-ring (bicyclic) bond motifs is 3. The average Bonchev–Trinajstić information content (AvgIpc) is 3.12. The molecule has 3 N–H and O–H groups in total. The molecule has 2 aromatic carbocycles. The summed E-state index contributed by atoms with van der Waals surface area (Å²) >= 11 is 1.42. The molecule has 8 heteroatoms. The molecule has 0 spiro atoms. The van der Waals surface area contributed by atoms with E-state index in [9.17, 15) is 14.4 Å². The Kier molecular flexibility index (Phi) is 7.77. The number of carboxylic acids is 1. The molecule has 7 nitrogen and oxygen atoms in total. The van der Waals surface area contributed by atoms with Crippen molar-refractivity contribution in [2.24, 2.45) is 5.41 Å². The molecule has 1 saturated carbocycles. The highest BCUT2D eigenvalue weighted by Gasteiger charge is 2.39. The van der Waals surface area contributed by atoms with Crippen molar-refractivity contribution < 1.29 is 24.2 Å². The second-order valence-corrected chi connectivity index (χ2v) is 10.1. The van der Waals surface area contributed by atoms with E-state index < -0.39 is 12.1 Å². The highest BCUT2D eigenvalue weighted by molar-refractivity contribution is 7.99. The number of benzene rings is 2. The van der Waals surface area contributed by atoms with Gasteiger partial charge >= 0.3 is 12.1 Å². The molecule has 2 aliphatic rings. The van der Waals surface area contributed by atoms with Gasteiger partial charge in [-0.15, -0.1) is 0 Å². The summed E-state index contributed by atoms with van der Waals surface area (Å²) in [6.07, 6.45) is 2.34. The van der Waals surface area contributed by atoms with Crippen molar-refractivity contribution in [3.8, 4) is 11.1 Å². The van der Waals surface area contributed by atoms with Gasteiger partial charge in [-0.05, 0) is 40.5 Å². The topological polar surface area (TPSA) is 105 Å². The van der Waals surface area contributed by atoms with E-state index in [0.717, 1.165) is 19.3 Å². The Morgan fingerprint density at radius 1 is 1.00 bits per heavy atom. The van der Waals surface area contributed by atoms with Crippen LogP contribution in [0.1, 0.15) is 42.7 Å². The van der Waals surface area contributed by atoms with Crippen LogP contribution in [0.4, 0.5) is 4.79 Å². The fraction of sp³-hybridized carbons (Fsp3) is 0.423. The number of amides is 2. The predicted octanol–water partition coefficient (Wildman–Crippen LogP) is 4.02. The smallest absolute Gasteiger partial charge is 0.407 e. The van der Waals surface area contributed by atoms with Crippen molar-refractivity contribution in [1.29, 1.82) is 0 Å². The van der Waals surface area contributed by atoms with E-state index >= 15 is 0 Å². The largest absolute Gasteiger partial charge is 0.481 e. The van der Waals surface area contributed by atoms with Crippen molar-refractivity contribution in [2.75, 3.05) is 31.2 Å². The van der Waals surface area contributed by atoms with Crippen molar-refractivity contribution in [3.63, 3.8) is 0 Å². The Labute approximate surface area is 203 Å². The molecule has 180 valence electrons. The minimum absolute atomic E-state index is 0.0244. The molecule has 0 heterocycles. The number of carbonyl (C=O) groups excluding carboxylic acids is 2. The minimum atomic E-state index is -0.817. The van der Waals surface area contributed by atoms with E-state index in [0.29, 0.717) is 18.8 Å². The lowest BCUT2D eigenvalue weighted by molar-refractivity contribution is -0.141. The van der Waals surface area contributed by atoms with Gasteiger partial charge in [-0.3, -0.25) is 9.59 Å². The van der Waals surface area contributed by atoms with E-state index in [4.69, 9.17) is 9.84 Å². The zero-order valence-electron chi connectivity index (χ0n) is 19.0. The van der Waals surface area contributed by atoms with Gasteiger partial charge in [0.2, 0.25) is 5.91 Å². The Morgan fingerprint density at radius 3 is 2.24 bits per heavy atom. The van der Waals surface area contributed by atoms with Gasteiger partial charge in [0.25, 0.3) is 0 Å². The minimum Gasteiger partial charge on any atom is -0.481 e. The summed E-state index contributed by atoms with van der Waals surface area (Å²) in [5, 5.41) is 14.7. The van der Waals surface area contributed by atoms with Crippen LogP contribution >= 0.6 is 11.8 Å². The van der Waals surface area contributed by atoms with Crippen LogP contribution in [0.5, 0.6) is 0 Å².